The van der Waals surface area contributed by atoms with E-state index in [1.807, 2.05) is 44.2 Å². The summed E-state index contributed by atoms with van der Waals surface area (Å²) in [5, 5.41) is 21.5. The highest BCUT2D eigenvalue weighted by atomic mass is 16.7. The second kappa shape index (κ2) is 10.2. The van der Waals surface area contributed by atoms with Crippen molar-refractivity contribution in [2.24, 2.45) is 0 Å². The molecule has 0 aliphatic carbocycles. The van der Waals surface area contributed by atoms with Gasteiger partial charge in [-0.05, 0) is 31.7 Å². The summed E-state index contributed by atoms with van der Waals surface area (Å²) in [5.74, 6) is 0.598. The fourth-order valence-electron chi connectivity index (χ4n) is 4.06. The number of hydrogen-bond acceptors (Lipinski definition) is 7. The standard InChI is InChI=1S/C23H32N2O6/c1-4-19-16(2)24-21(31-22(27)29-3)20(19)30-15-18(26)14-25-12-10-23(28,11-13-25)17-8-6-5-7-9-17/h5-9,18,24,26,28H,4,10-15H2,1-3H3. The molecule has 1 aromatic carbocycles. The number of likely N-dealkylation sites (tertiary alicyclic amines) is 1. The van der Waals surface area contributed by atoms with Crippen molar-refractivity contribution in [2.45, 2.75) is 44.8 Å². The molecule has 0 radical (unpaired) electrons. The van der Waals surface area contributed by atoms with Crippen LogP contribution in [0.2, 0.25) is 0 Å². The van der Waals surface area contributed by atoms with Gasteiger partial charge >= 0.3 is 6.16 Å². The normalized spacial score (nSPS) is 17.2. The number of aryl methyl sites for hydroxylation is 1. The summed E-state index contributed by atoms with van der Waals surface area (Å²) in [4.78, 5) is 16.6. The number of aromatic amines is 1. The van der Waals surface area contributed by atoms with Crippen molar-refractivity contribution in [2.75, 3.05) is 33.4 Å². The number of methoxy groups -OCH3 is 1. The molecule has 0 bridgehead atoms. The summed E-state index contributed by atoms with van der Waals surface area (Å²) in [7, 11) is 1.24. The van der Waals surface area contributed by atoms with Crippen molar-refractivity contribution in [3.63, 3.8) is 0 Å². The molecule has 0 spiro atoms. The number of aliphatic hydroxyl groups excluding tert-OH is 1. The topological polar surface area (TPSA) is 104 Å². The number of carbonyl (C=O) groups excluding carboxylic acids is 1. The Hall–Kier alpha value is -2.55. The molecule has 0 saturated carbocycles. The molecule has 0 amide bonds. The van der Waals surface area contributed by atoms with Gasteiger partial charge < -0.3 is 34.3 Å². The van der Waals surface area contributed by atoms with E-state index in [1.165, 1.54) is 7.11 Å². The predicted molar refractivity (Wildman–Crippen MR) is 115 cm³/mol. The number of aliphatic hydroxyl groups is 2. The second-order valence-electron chi connectivity index (χ2n) is 7.96. The predicted octanol–water partition coefficient (Wildman–Crippen LogP) is 2.75. The first-order valence-electron chi connectivity index (χ1n) is 10.6. The van der Waals surface area contributed by atoms with Gasteiger partial charge in [-0.15, -0.1) is 0 Å². The number of piperidine rings is 1. The van der Waals surface area contributed by atoms with Gasteiger partial charge in [0.2, 0.25) is 5.88 Å². The quantitative estimate of drug-likeness (QED) is 0.551. The molecule has 1 aliphatic heterocycles. The Bertz CT molecular complexity index is 858. The van der Waals surface area contributed by atoms with Gasteiger partial charge in [0.15, 0.2) is 5.75 Å². The van der Waals surface area contributed by atoms with Crippen molar-refractivity contribution in [1.82, 2.24) is 9.88 Å². The molecule has 1 aromatic heterocycles. The second-order valence-corrected chi connectivity index (χ2v) is 7.96. The van der Waals surface area contributed by atoms with E-state index in [1.54, 1.807) is 0 Å². The number of aromatic nitrogens is 1. The molecular formula is C23H32N2O6. The van der Waals surface area contributed by atoms with E-state index in [0.717, 1.165) is 16.8 Å². The van der Waals surface area contributed by atoms with Crippen molar-refractivity contribution >= 4 is 6.16 Å². The highest BCUT2D eigenvalue weighted by Crippen LogP contribution is 2.35. The van der Waals surface area contributed by atoms with Gasteiger partial charge in [0.25, 0.3) is 0 Å². The third-order valence-electron chi connectivity index (χ3n) is 5.82. The lowest BCUT2D eigenvalue weighted by Gasteiger charge is -2.39. The Morgan fingerprint density at radius 1 is 1.26 bits per heavy atom. The summed E-state index contributed by atoms with van der Waals surface area (Å²) >= 11 is 0. The van der Waals surface area contributed by atoms with E-state index in [-0.39, 0.29) is 12.5 Å². The van der Waals surface area contributed by atoms with Crippen LogP contribution in [-0.4, -0.2) is 65.7 Å². The zero-order valence-corrected chi connectivity index (χ0v) is 18.4. The molecule has 1 fully saturated rings. The molecule has 170 valence electrons. The average molecular weight is 433 g/mol. The largest absolute Gasteiger partial charge is 0.514 e. The molecule has 2 aromatic rings. The van der Waals surface area contributed by atoms with Gasteiger partial charge in [-0.2, -0.15) is 0 Å². The Morgan fingerprint density at radius 2 is 1.94 bits per heavy atom. The number of rotatable bonds is 8. The highest BCUT2D eigenvalue weighted by Gasteiger charge is 2.34. The number of carbonyl (C=O) groups is 1. The lowest BCUT2D eigenvalue weighted by atomic mass is 9.84. The fraction of sp³-hybridized carbons (Fsp3) is 0.522. The van der Waals surface area contributed by atoms with Crippen LogP contribution in [0, 0.1) is 6.92 Å². The Kier molecular flexibility index (Phi) is 7.59. The molecule has 31 heavy (non-hydrogen) atoms. The number of benzene rings is 1. The molecule has 2 heterocycles. The summed E-state index contributed by atoms with van der Waals surface area (Å²) in [5.41, 5.74) is 1.84. The Morgan fingerprint density at radius 3 is 2.55 bits per heavy atom. The van der Waals surface area contributed by atoms with Gasteiger partial charge in [-0.3, -0.25) is 0 Å². The zero-order valence-electron chi connectivity index (χ0n) is 18.4. The first kappa shape index (κ1) is 23.1. The maximum atomic E-state index is 11.5. The molecule has 1 atom stereocenters. The van der Waals surface area contributed by atoms with Crippen LogP contribution >= 0.6 is 0 Å². The van der Waals surface area contributed by atoms with Gasteiger partial charge in [0, 0.05) is 30.9 Å². The van der Waals surface area contributed by atoms with Crippen LogP contribution in [0.3, 0.4) is 0 Å². The Balaban J connectivity index is 1.54. The van der Waals surface area contributed by atoms with Crippen LogP contribution in [0.25, 0.3) is 0 Å². The Labute approximate surface area is 182 Å². The number of nitrogens with one attached hydrogen (secondary N) is 1. The smallest absolute Gasteiger partial charge is 0.485 e. The average Bonchev–Trinajstić information content (AvgIpc) is 3.08. The molecule has 3 rings (SSSR count). The van der Waals surface area contributed by atoms with Crippen LogP contribution in [-0.2, 0) is 16.8 Å². The van der Waals surface area contributed by atoms with Crippen molar-refractivity contribution < 1.29 is 29.2 Å². The molecular weight excluding hydrogens is 400 g/mol. The van der Waals surface area contributed by atoms with Crippen molar-refractivity contribution in [1.29, 1.82) is 0 Å². The number of β-amino-alcohol motifs (C(OH)–C–C–N with tert-alkyl or cyclic N) is 1. The summed E-state index contributed by atoms with van der Waals surface area (Å²) in [6.07, 6.45) is 0.335. The number of nitrogens with zero attached hydrogens (tertiary/aromatic N) is 1. The van der Waals surface area contributed by atoms with E-state index in [2.05, 4.69) is 14.6 Å². The van der Waals surface area contributed by atoms with Crippen molar-refractivity contribution in [3.8, 4) is 11.6 Å². The van der Waals surface area contributed by atoms with Crippen LogP contribution in [0.15, 0.2) is 30.3 Å². The van der Waals surface area contributed by atoms with E-state index in [0.29, 0.717) is 44.6 Å². The number of H-pyrrole nitrogens is 1. The van der Waals surface area contributed by atoms with Crippen LogP contribution in [0.4, 0.5) is 4.79 Å². The lowest BCUT2D eigenvalue weighted by Crippen LogP contribution is -2.46. The van der Waals surface area contributed by atoms with E-state index >= 15 is 0 Å². The summed E-state index contributed by atoms with van der Waals surface area (Å²) in [6.45, 7) is 5.70. The molecule has 1 unspecified atom stereocenters. The zero-order chi connectivity index (χ0) is 22.4. The fourth-order valence-corrected chi connectivity index (χ4v) is 4.06. The first-order chi connectivity index (χ1) is 14.9. The highest BCUT2D eigenvalue weighted by molar-refractivity contribution is 5.65. The lowest BCUT2D eigenvalue weighted by molar-refractivity contribution is -0.0373. The monoisotopic (exact) mass is 432 g/mol. The summed E-state index contributed by atoms with van der Waals surface area (Å²) in [6, 6.07) is 9.72. The first-order valence-corrected chi connectivity index (χ1v) is 10.6. The third kappa shape index (κ3) is 5.58. The van der Waals surface area contributed by atoms with Gasteiger partial charge in [0.1, 0.15) is 12.7 Å². The molecule has 8 heteroatoms. The van der Waals surface area contributed by atoms with Crippen LogP contribution in [0.1, 0.15) is 36.6 Å². The van der Waals surface area contributed by atoms with Gasteiger partial charge in [-0.25, -0.2) is 4.79 Å². The van der Waals surface area contributed by atoms with E-state index < -0.39 is 17.9 Å². The number of ether oxygens (including phenoxy) is 3. The molecule has 1 saturated heterocycles. The maximum absolute atomic E-state index is 11.5. The molecule has 3 N–H and O–H groups in total. The SMILES string of the molecule is CCc1c(C)[nH]c(OC(=O)OC)c1OCC(O)CN1CCC(O)(c2ccccc2)CC1. The minimum Gasteiger partial charge on any atom is -0.485 e. The van der Waals surface area contributed by atoms with Crippen LogP contribution in [0.5, 0.6) is 11.6 Å². The number of hydrogen-bond donors (Lipinski definition) is 3. The summed E-state index contributed by atoms with van der Waals surface area (Å²) < 4.78 is 15.5. The van der Waals surface area contributed by atoms with Gasteiger partial charge in [-0.1, -0.05) is 37.3 Å². The molecule has 8 nitrogen and oxygen atoms in total. The van der Waals surface area contributed by atoms with Gasteiger partial charge in [0.05, 0.1) is 12.7 Å². The van der Waals surface area contributed by atoms with E-state index in [4.69, 9.17) is 9.47 Å². The third-order valence-corrected chi connectivity index (χ3v) is 5.82. The minimum atomic E-state index is -0.839. The van der Waals surface area contributed by atoms with E-state index in [9.17, 15) is 15.0 Å². The van der Waals surface area contributed by atoms with Crippen LogP contribution < -0.4 is 9.47 Å². The molecule has 1 aliphatic rings. The minimum absolute atomic E-state index is 0.0568. The maximum Gasteiger partial charge on any atom is 0.514 e. The van der Waals surface area contributed by atoms with Crippen molar-refractivity contribution in [3.05, 3.63) is 47.2 Å².